The minimum atomic E-state index is -0.501. The number of carbonyl (C=O) groups excluding carboxylic acids is 1. The van der Waals surface area contributed by atoms with Gasteiger partial charge in [-0.25, -0.2) is 9.78 Å². The van der Waals surface area contributed by atoms with Crippen LogP contribution in [0.25, 0.3) is 0 Å². The van der Waals surface area contributed by atoms with Crippen molar-refractivity contribution in [2.45, 2.75) is 52.2 Å². The predicted octanol–water partition coefficient (Wildman–Crippen LogP) is 5.03. The number of likely N-dealkylation sites (tertiary alicyclic amines) is 1. The molecule has 2 aromatic rings. The number of benzene rings is 1. The minimum Gasteiger partial charge on any atom is -0.469 e. The molecule has 1 saturated heterocycles. The van der Waals surface area contributed by atoms with Gasteiger partial charge in [-0.1, -0.05) is 18.2 Å². The summed E-state index contributed by atoms with van der Waals surface area (Å²) >= 11 is 0. The summed E-state index contributed by atoms with van der Waals surface area (Å²) in [7, 11) is 0. The molecule has 0 N–H and O–H groups in total. The number of amides is 1. The molecular formula is C24H29N3O3. The van der Waals surface area contributed by atoms with E-state index in [0.29, 0.717) is 24.5 Å². The fourth-order valence-corrected chi connectivity index (χ4v) is 3.61. The summed E-state index contributed by atoms with van der Waals surface area (Å²) in [4.78, 5) is 18.6. The number of nitriles is 1. The van der Waals surface area contributed by atoms with Crippen LogP contribution in [0.2, 0.25) is 0 Å². The first kappa shape index (κ1) is 21.6. The van der Waals surface area contributed by atoms with Crippen molar-refractivity contribution in [2.24, 2.45) is 5.92 Å². The topological polar surface area (TPSA) is 75.5 Å². The summed E-state index contributed by atoms with van der Waals surface area (Å²) in [6, 6.07) is 15.4. The smallest absolute Gasteiger partial charge is 0.410 e. The first-order valence-corrected chi connectivity index (χ1v) is 10.3. The number of aryl methyl sites for hydroxylation is 1. The molecule has 1 aromatic heterocycles. The third-order valence-electron chi connectivity index (χ3n) is 5.10. The second kappa shape index (κ2) is 9.17. The van der Waals surface area contributed by atoms with Crippen LogP contribution in [0.4, 0.5) is 4.79 Å². The maximum absolute atomic E-state index is 12.4. The molecule has 158 valence electrons. The highest BCUT2D eigenvalue weighted by molar-refractivity contribution is 5.68. The van der Waals surface area contributed by atoms with Crippen LogP contribution in [-0.2, 0) is 4.74 Å². The van der Waals surface area contributed by atoms with E-state index in [1.54, 1.807) is 4.90 Å². The largest absolute Gasteiger partial charge is 0.469 e. The lowest BCUT2D eigenvalue weighted by molar-refractivity contribution is 0.0102. The molecule has 0 saturated carbocycles. The van der Waals surface area contributed by atoms with Gasteiger partial charge in [0, 0.05) is 30.8 Å². The van der Waals surface area contributed by atoms with Crippen molar-refractivity contribution in [3.8, 4) is 11.9 Å². The second-order valence-corrected chi connectivity index (χ2v) is 8.69. The zero-order chi connectivity index (χ0) is 21.7. The standard InChI is InChI=1S/C24H29N3O3/c1-17-6-5-7-21(26-17)29-22(19-10-8-18(16-25)9-11-19)20-12-14-27(15-13-20)23(28)30-24(2,3)4/h5-11,20,22H,12-15H2,1-4H3. The molecule has 6 heteroatoms. The Morgan fingerprint density at radius 3 is 2.40 bits per heavy atom. The van der Waals surface area contributed by atoms with Crippen LogP contribution >= 0.6 is 0 Å². The Kier molecular flexibility index (Phi) is 6.61. The van der Waals surface area contributed by atoms with Gasteiger partial charge < -0.3 is 14.4 Å². The lowest BCUT2D eigenvalue weighted by Crippen LogP contribution is -2.43. The molecule has 1 aliphatic heterocycles. The van der Waals surface area contributed by atoms with Crippen molar-refractivity contribution in [1.82, 2.24) is 9.88 Å². The van der Waals surface area contributed by atoms with E-state index in [4.69, 9.17) is 14.7 Å². The van der Waals surface area contributed by atoms with E-state index < -0.39 is 5.60 Å². The van der Waals surface area contributed by atoms with Gasteiger partial charge in [0.25, 0.3) is 0 Å². The molecule has 0 bridgehead atoms. The lowest BCUT2D eigenvalue weighted by atomic mass is 9.87. The fourth-order valence-electron chi connectivity index (χ4n) is 3.61. The normalized spacial score (nSPS) is 15.9. The molecule has 1 amide bonds. The summed E-state index contributed by atoms with van der Waals surface area (Å²) < 4.78 is 11.8. The number of rotatable bonds is 4. The van der Waals surface area contributed by atoms with E-state index in [0.717, 1.165) is 24.1 Å². The number of hydrogen-bond donors (Lipinski definition) is 0. The maximum Gasteiger partial charge on any atom is 0.410 e. The Morgan fingerprint density at radius 1 is 1.17 bits per heavy atom. The Balaban J connectivity index is 1.75. The third-order valence-corrected chi connectivity index (χ3v) is 5.10. The van der Waals surface area contributed by atoms with E-state index in [9.17, 15) is 4.79 Å². The molecule has 1 unspecified atom stereocenters. The number of nitrogens with zero attached hydrogens (tertiary/aromatic N) is 3. The zero-order valence-corrected chi connectivity index (χ0v) is 18.1. The van der Waals surface area contributed by atoms with E-state index in [1.807, 2.05) is 70.2 Å². The Hall–Kier alpha value is -3.07. The highest BCUT2D eigenvalue weighted by Gasteiger charge is 2.32. The molecule has 0 radical (unpaired) electrons. The van der Waals surface area contributed by atoms with Crippen LogP contribution in [-0.4, -0.2) is 34.7 Å². The Morgan fingerprint density at radius 2 is 1.83 bits per heavy atom. The molecule has 0 spiro atoms. The predicted molar refractivity (Wildman–Crippen MR) is 114 cm³/mol. The Bertz CT molecular complexity index is 905. The van der Waals surface area contributed by atoms with Crippen molar-refractivity contribution in [3.05, 3.63) is 59.3 Å². The lowest BCUT2D eigenvalue weighted by Gasteiger charge is -2.36. The van der Waals surface area contributed by atoms with E-state index >= 15 is 0 Å². The average molecular weight is 408 g/mol. The molecular weight excluding hydrogens is 378 g/mol. The molecule has 1 fully saturated rings. The zero-order valence-electron chi connectivity index (χ0n) is 18.1. The van der Waals surface area contributed by atoms with Gasteiger partial charge in [0.05, 0.1) is 11.6 Å². The number of hydrogen-bond acceptors (Lipinski definition) is 5. The van der Waals surface area contributed by atoms with E-state index in [2.05, 4.69) is 11.1 Å². The van der Waals surface area contributed by atoms with Gasteiger partial charge in [-0.3, -0.25) is 0 Å². The Labute approximate surface area is 178 Å². The first-order chi connectivity index (χ1) is 14.2. The summed E-state index contributed by atoms with van der Waals surface area (Å²) in [5.41, 5.74) is 2.02. The second-order valence-electron chi connectivity index (χ2n) is 8.69. The SMILES string of the molecule is Cc1cccc(OC(c2ccc(C#N)cc2)C2CCN(C(=O)OC(C)(C)C)CC2)n1. The van der Waals surface area contributed by atoms with Crippen LogP contribution in [0.15, 0.2) is 42.5 Å². The number of ether oxygens (including phenoxy) is 2. The van der Waals surface area contributed by atoms with Gasteiger partial charge in [0.1, 0.15) is 11.7 Å². The third kappa shape index (κ3) is 5.73. The van der Waals surface area contributed by atoms with Crippen LogP contribution in [0.3, 0.4) is 0 Å². The van der Waals surface area contributed by atoms with Crippen molar-refractivity contribution in [1.29, 1.82) is 5.26 Å². The molecule has 30 heavy (non-hydrogen) atoms. The first-order valence-electron chi connectivity index (χ1n) is 10.3. The molecule has 1 aromatic carbocycles. The van der Waals surface area contributed by atoms with Gasteiger partial charge >= 0.3 is 6.09 Å². The molecule has 1 aliphatic rings. The number of carbonyl (C=O) groups is 1. The fraction of sp³-hybridized carbons (Fsp3) is 0.458. The highest BCUT2D eigenvalue weighted by Crippen LogP contribution is 2.35. The van der Waals surface area contributed by atoms with Gasteiger partial charge in [-0.05, 0) is 64.3 Å². The quantitative estimate of drug-likeness (QED) is 0.711. The van der Waals surface area contributed by atoms with Crippen molar-refractivity contribution in [2.75, 3.05) is 13.1 Å². The monoisotopic (exact) mass is 407 g/mol. The van der Waals surface area contributed by atoms with Crippen LogP contribution < -0.4 is 4.74 Å². The minimum absolute atomic E-state index is 0.201. The summed E-state index contributed by atoms with van der Waals surface area (Å²) in [6.07, 6.45) is 1.14. The summed E-state index contributed by atoms with van der Waals surface area (Å²) in [6.45, 7) is 8.81. The highest BCUT2D eigenvalue weighted by atomic mass is 16.6. The number of piperidine rings is 1. The van der Waals surface area contributed by atoms with Gasteiger partial charge in [0.15, 0.2) is 0 Å². The van der Waals surface area contributed by atoms with Gasteiger partial charge in [0.2, 0.25) is 5.88 Å². The molecule has 0 aliphatic carbocycles. The molecule has 6 nitrogen and oxygen atoms in total. The van der Waals surface area contributed by atoms with Crippen molar-refractivity contribution >= 4 is 6.09 Å². The summed E-state index contributed by atoms with van der Waals surface area (Å²) in [5, 5.41) is 9.10. The van der Waals surface area contributed by atoms with Crippen molar-refractivity contribution in [3.63, 3.8) is 0 Å². The van der Waals surface area contributed by atoms with E-state index in [-0.39, 0.29) is 18.1 Å². The maximum atomic E-state index is 12.4. The number of pyridine rings is 1. The summed E-state index contributed by atoms with van der Waals surface area (Å²) in [5.74, 6) is 0.804. The van der Waals surface area contributed by atoms with Crippen LogP contribution in [0, 0.1) is 24.2 Å². The van der Waals surface area contributed by atoms with Gasteiger partial charge in [-0.15, -0.1) is 0 Å². The average Bonchev–Trinajstić information content (AvgIpc) is 2.71. The van der Waals surface area contributed by atoms with Crippen LogP contribution in [0.5, 0.6) is 5.88 Å². The van der Waals surface area contributed by atoms with E-state index in [1.165, 1.54) is 0 Å². The van der Waals surface area contributed by atoms with Crippen LogP contribution in [0.1, 0.15) is 56.5 Å². The van der Waals surface area contributed by atoms with Gasteiger partial charge in [-0.2, -0.15) is 5.26 Å². The molecule has 1 atom stereocenters. The number of aromatic nitrogens is 1. The molecule has 3 rings (SSSR count). The molecule has 2 heterocycles. The van der Waals surface area contributed by atoms with Crippen molar-refractivity contribution < 1.29 is 14.3 Å².